The molecule has 1 N–H and O–H groups in total. The molecule has 136 valence electrons. The summed E-state index contributed by atoms with van der Waals surface area (Å²) in [5, 5.41) is 23.9. The number of rotatable bonds is 3. The minimum absolute atomic E-state index is 0.507. The Balaban J connectivity index is 2.18. The zero-order valence-corrected chi connectivity index (χ0v) is 15.7. The van der Waals surface area contributed by atoms with Gasteiger partial charge in [0.2, 0.25) is 0 Å². The van der Waals surface area contributed by atoms with Gasteiger partial charge in [-0.05, 0) is 30.2 Å². The van der Waals surface area contributed by atoms with E-state index in [1.54, 1.807) is 24.3 Å². The average molecular weight is 380 g/mol. The molecular formula is C21H18ClN3O2. The fourth-order valence-corrected chi connectivity index (χ4v) is 3.84. The van der Waals surface area contributed by atoms with Crippen molar-refractivity contribution in [1.29, 1.82) is 10.5 Å². The van der Waals surface area contributed by atoms with Crippen molar-refractivity contribution in [3.8, 4) is 12.1 Å². The largest absolute Gasteiger partial charge is 0.468 e. The number of aryl methyl sites for hydroxylation is 1. The van der Waals surface area contributed by atoms with Crippen molar-refractivity contribution in [2.75, 3.05) is 7.11 Å². The Bertz CT molecular complexity index is 912. The predicted octanol–water partition coefficient (Wildman–Crippen LogP) is 3.65. The first-order valence-corrected chi connectivity index (χ1v) is 8.83. The van der Waals surface area contributed by atoms with Crippen molar-refractivity contribution < 1.29 is 9.53 Å². The Morgan fingerprint density at radius 3 is 2.15 bits per heavy atom. The monoisotopic (exact) mass is 379 g/mol. The van der Waals surface area contributed by atoms with Crippen LogP contribution in [0.15, 0.2) is 48.5 Å². The van der Waals surface area contributed by atoms with E-state index in [-0.39, 0.29) is 0 Å². The normalized spacial score (nSPS) is 23.2. The Kier molecular flexibility index (Phi) is 5.19. The van der Waals surface area contributed by atoms with Gasteiger partial charge in [-0.2, -0.15) is 10.5 Å². The Morgan fingerprint density at radius 1 is 1.07 bits per heavy atom. The van der Waals surface area contributed by atoms with E-state index in [4.69, 9.17) is 16.3 Å². The molecule has 1 saturated heterocycles. The first kappa shape index (κ1) is 18.9. The summed E-state index contributed by atoms with van der Waals surface area (Å²) in [7, 11) is 1.30. The fourth-order valence-electron chi connectivity index (χ4n) is 3.72. The number of esters is 1. The van der Waals surface area contributed by atoms with Gasteiger partial charge in [-0.25, -0.2) is 0 Å². The van der Waals surface area contributed by atoms with Gasteiger partial charge in [0.1, 0.15) is 6.04 Å². The van der Waals surface area contributed by atoms with Gasteiger partial charge in [0.25, 0.3) is 0 Å². The van der Waals surface area contributed by atoms with Crippen LogP contribution in [-0.2, 0) is 9.53 Å². The van der Waals surface area contributed by atoms with Crippen LogP contribution in [0.2, 0.25) is 5.02 Å². The summed E-state index contributed by atoms with van der Waals surface area (Å²) in [6.07, 6.45) is 0. The van der Waals surface area contributed by atoms with E-state index >= 15 is 0 Å². The van der Waals surface area contributed by atoms with Gasteiger partial charge in [-0.1, -0.05) is 53.6 Å². The van der Waals surface area contributed by atoms with Gasteiger partial charge in [-0.15, -0.1) is 0 Å². The van der Waals surface area contributed by atoms with Gasteiger partial charge in [0.05, 0.1) is 25.3 Å². The lowest BCUT2D eigenvalue weighted by atomic mass is 9.68. The van der Waals surface area contributed by atoms with Gasteiger partial charge in [0.15, 0.2) is 5.41 Å². The summed E-state index contributed by atoms with van der Waals surface area (Å²) in [5.74, 6) is -1.19. The van der Waals surface area contributed by atoms with Crippen molar-refractivity contribution in [1.82, 2.24) is 5.32 Å². The summed E-state index contributed by atoms with van der Waals surface area (Å²) in [4.78, 5) is 12.5. The van der Waals surface area contributed by atoms with E-state index < -0.39 is 29.4 Å². The SMILES string of the molecule is COC(=O)[C@@H]1N[C@@H](c2ccc(Cl)cc2)C(C#N)(C#N)[C@H]1c1ccc(C)cc1. The lowest BCUT2D eigenvalue weighted by molar-refractivity contribution is -0.143. The van der Waals surface area contributed by atoms with Crippen LogP contribution in [0, 0.1) is 35.0 Å². The number of nitrogens with zero attached hydrogens (tertiary/aromatic N) is 2. The van der Waals surface area contributed by atoms with E-state index in [2.05, 4.69) is 17.5 Å². The number of methoxy groups -OCH3 is 1. The first-order chi connectivity index (χ1) is 13.0. The summed E-state index contributed by atoms with van der Waals surface area (Å²) in [6.45, 7) is 1.95. The third-order valence-electron chi connectivity index (χ3n) is 5.09. The van der Waals surface area contributed by atoms with Gasteiger partial charge in [0, 0.05) is 10.9 Å². The first-order valence-electron chi connectivity index (χ1n) is 8.45. The number of nitrogens with one attached hydrogen (secondary N) is 1. The van der Waals surface area contributed by atoms with Crippen LogP contribution in [0.3, 0.4) is 0 Å². The Labute approximate surface area is 163 Å². The molecule has 0 unspecified atom stereocenters. The molecule has 0 bridgehead atoms. The van der Waals surface area contributed by atoms with Crippen molar-refractivity contribution in [2.24, 2.45) is 5.41 Å². The molecule has 0 amide bonds. The summed E-state index contributed by atoms with van der Waals surface area (Å²) in [5.41, 5.74) is 1.02. The van der Waals surface area contributed by atoms with Crippen molar-refractivity contribution >= 4 is 17.6 Å². The van der Waals surface area contributed by atoms with Crippen LogP contribution < -0.4 is 5.32 Å². The molecule has 0 spiro atoms. The molecule has 0 aromatic heterocycles. The second-order valence-electron chi connectivity index (χ2n) is 6.63. The Morgan fingerprint density at radius 2 is 1.63 bits per heavy atom. The van der Waals surface area contributed by atoms with E-state index in [1.165, 1.54) is 7.11 Å². The second-order valence-corrected chi connectivity index (χ2v) is 7.07. The molecule has 0 aliphatic carbocycles. The molecule has 3 atom stereocenters. The minimum atomic E-state index is -1.48. The lowest BCUT2D eigenvalue weighted by Crippen LogP contribution is -2.37. The number of halogens is 1. The zero-order chi connectivity index (χ0) is 19.6. The van der Waals surface area contributed by atoms with Crippen molar-refractivity contribution in [3.05, 3.63) is 70.2 Å². The highest BCUT2D eigenvalue weighted by Crippen LogP contribution is 2.52. The minimum Gasteiger partial charge on any atom is -0.468 e. The molecule has 1 aliphatic heterocycles. The number of hydrogen-bond donors (Lipinski definition) is 1. The van der Waals surface area contributed by atoms with Gasteiger partial charge >= 0.3 is 5.97 Å². The number of carbonyl (C=O) groups excluding carboxylic acids is 1. The molecule has 27 heavy (non-hydrogen) atoms. The average Bonchev–Trinajstić information content (AvgIpc) is 3.04. The summed E-state index contributed by atoms with van der Waals surface area (Å²) >= 11 is 5.97. The second kappa shape index (κ2) is 7.40. The molecule has 0 radical (unpaired) electrons. The molecule has 5 nitrogen and oxygen atoms in total. The summed E-state index contributed by atoms with van der Waals surface area (Å²) in [6, 6.07) is 17.3. The fraction of sp³-hybridized carbons (Fsp3) is 0.286. The number of ether oxygens (including phenoxy) is 1. The molecule has 1 fully saturated rings. The molecule has 6 heteroatoms. The molecule has 1 heterocycles. The maximum atomic E-state index is 12.5. The number of carbonyl (C=O) groups is 1. The Hall–Kier alpha value is -2.86. The number of hydrogen-bond acceptors (Lipinski definition) is 5. The van der Waals surface area contributed by atoms with Crippen LogP contribution in [0.5, 0.6) is 0 Å². The third kappa shape index (κ3) is 3.17. The van der Waals surface area contributed by atoms with Crippen LogP contribution in [0.4, 0.5) is 0 Å². The standard InChI is InChI=1S/C21H18ClN3O2/c1-13-3-5-14(6-4-13)17-18(20(26)27-2)25-19(21(17,11-23)12-24)15-7-9-16(22)10-8-15/h3-10,17-19,25H,1-2H3/t17-,18+,19-/m0/s1. The van der Waals surface area contributed by atoms with E-state index in [9.17, 15) is 15.3 Å². The van der Waals surface area contributed by atoms with Crippen LogP contribution in [0.25, 0.3) is 0 Å². The molecule has 3 rings (SSSR count). The van der Waals surface area contributed by atoms with Gasteiger partial charge in [-0.3, -0.25) is 10.1 Å². The lowest BCUT2D eigenvalue weighted by Gasteiger charge is -2.27. The van der Waals surface area contributed by atoms with Crippen LogP contribution in [0.1, 0.15) is 28.7 Å². The van der Waals surface area contributed by atoms with E-state index in [0.717, 1.165) is 11.1 Å². The van der Waals surface area contributed by atoms with E-state index in [0.29, 0.717) is 10.6 Å². The molecule has 1 aliphatic rings. The quantitative estimate of drug-likeness (QED) is 0.822. The third-order valence-corrected chi connectivity index (χ3v) is 5.34. The number of nitriles is 2. The van der Waals surface area contributed by atoms with Crippen LogP contribution in [-0.4, -0.2) is 19.1 Å². The van der Waals surface area contributed by atoms with Crippen LogP contribution >= 0.6 is 11.6 Å². The maximum Gasteiger partial charge on any atom is 0.323 e. The van der Waals surface area contributed by atoms with Gasteiger partial charge < -0.3 is 4.74 Å². The number of benzene rings is 2. The molecule has 2 aromatic rings. The molecule has 2 aromatic carbocycles. The highest BCUT2D eigenvalue weighted by Gasteiger charge is 2.59. The summed E-state index contributed by atoms with van der Waals surface area (Å²) < 4.78 is 4.95. The maximum absolute atomic E-state index is 12.5. The zero-order valence-electron chi connectivity index (χ0n) is 14.9. The molecule has 0 saturated carbocycles. The molecular weight excluding hydrogens is 362 g/mol. The topological polar surface area (TPSA) is 85.9 Å². The van der Waals surface area contributed by atoms with E-state index in [1.807, 2.05) is 31.2 Å². The predicted molar refractivity (Wildman–Crippen MR) is 101 cm³/mol. The van der Waals surface area contributed by atoms with Crippen molar-refractivity contribution in [3.63, 3.8) is 0 Å². The highest BCUT2D eigenvalue weighted by atomic mass is 35.5. The van der Waals surface area contributed by atoms with Crippen molar-refractivity contribution in [2.45, 2.75) is 24.9 Å². The highest BCUT2D eigenvalue weighted by molar-refractivity contribution is 6.30. The smallest absolute Gasteiger partial charge is 0.323 e.